The summed E-state index contributed by atoms with van der Waals surface area (Å²) in [5, 5.41) is 8.79. The van der Waals surface area contributed by atoms with Crippen molar-refractivity contribution in [1.29, 1.82) is 0 Å². The van der Waals surface area contributed by atoms with Crippen molar-refractivity contribution >= 4 is 11.9 Å². The molecule has 0 aromatic carbocycles. The normalized spacial score (nSPS) is 12.2. The third-order valence-corrected chi connectivity index (χ3v) is 9.49. The summed E-state index contributed by atoms with van der Waals surface area (Å²) in [7, 11) is 0. The fourth-order valence-corrected chi connectivity index (χ4v) is 6.42. The van der Waals surface area contributed by atoms with Gasteiger partial charge in [0.25, 0.3) is 0 Å². The minimum atomic E-state index is -0.699. The maximum absolute atomic E-state index is 12.6. The Labute approximate surface area is 287 Å². The second-order valence-electron chi connectivity index (χ2n) is 14.2. The van der Waals surface area contributed by atoms with Gasteiger partial charge in [-0.05, 0) is 64.2 Å². The monoisotopic (exact) mass is 649 g/mol. The highest BCUT2D eigenvalue weighted by atomic mass is 16.5. The van der Waals surface area contributed by atoms with Crippen LogP contribution in [-0.4, -0.2) is 23.1 Å². The molecule has 1 atom stereocenters. The molecule has 0 aromatic rings. The number of allylic oxidation sites excluding steroid dienone is 2. The summed E-state index contributed by atoms with van der Waals surface area (Å²) in [6.45, 7) is 4.54. The van der Waals surface area contributed by atoms with Gasteiger partial charge in [-0.15, -0.1) is 0 Å². The van der Waals surface area contributed by atoms with Crippen LogP contribution in [0.4, 0.5) is 0 Å². The first-order chi connectivity index (χ1) is 22.6. The quantitative estimate of drug-likeness (QED) is 0.0411. The van der Waals surface area contributed by atoms with Crippen molar-refractivity contribution in [1.82, 2.24) is 0 Å². The largest absolute Gasteiger partial charge is 0.481 e. The molecular weight excluding hydrogens is 568 g/mol. The molecule has 0 saturated carbocycles. The minimum absolute atomic E-state index is 0.00117. The number of carboxylic acid groups (broad SMARTS) is 1. The number of esters is 1. The predicted octanol–water partition coefficient (Wildman–Crippen LogP) is 14.2. The lowest BCUT2D eigenvalue weighted by molar-refractivity contribution is -0.150. The van der Waals surface area contributed by atoms with Gasteiger partial charge in [0.15, 0.2) is 0 Å². The molecule has 0 fully saturated rings. The van der Waals surface area contributed by atoms with Crippen LogP contribution in [0.5, 0.6) is 0 Å². The van der Waals surface area contributed by atoms with Crippen LogP contribution in [0.1, 0.15) is 239 Å². The van der Waals surface area contributed by atoms with Crippen LogP contribution >= 0.6 is 0 Å². The zero-order valence-electron chi connectivity index (χ0n) is 31.2. The second kappa shape index (κ2) is 38.1. The second-order valence-corrected chi connectivity index (χ2v) is 14.2. The van der Waals surface area contributed by atoms with Crippen LogP contribution in [-0.2, 0) is 14.3 Å². The van der Waals surface area contributed by atoms with Crippen molar-refractivity contribution in [2.75, 3.05) is 0 Å². The first-order valence-electron chi connectivity index (χ1n) is 20.7. The lowest BCUT2D eigenvalue weighted by atomic mass is 10.0. The minimum Gasteiger partial charge on any atom is -0.481 e. The van der Waals surface area contributed by atoms with Gasteiger partial charge < -0.3 is 9.84 Å². The van der Waals surface area contributed by atoms with E-state index in [1.807, 2.05) is 0 Å². The number of unbranched alkanes of at least 4 members (excludes halogenated alkanes) is 27. The summed E-state index contributed by atoms with van der Waals surface area (Å²) in [5.41, 5.74) is 0. The first kappa shape index (κ1) is 44.7. The van der Waals surface area contributed by atoms with Gasteiger partial charge in [0.05, 0.1) is 0 Å². The van der Waals surface area contributed by atoms with Crippen LogP contribution in [0.15, 0.2) is 12.2 Å². The average molecular weight is 649 g/mol. The number of rotatable bonds is 38. The number of carbonyl (C=O) groups is 2. The Morgan fingerprint density at radius 3 is 1.17 bits per heavy atom. The predicted molar refractivity (Wildman–Crippen MR) is 200 cm³/mol. The molecule has 4 heteroatoms. The van der Waals surface area contributed by atoms with Gasteiger partial charge in [0, 0.05) is 12.8 Å². The van der Waals surface area contributed by atoms with Crippen molar-refractivity contribution < 1.29 is 19.4 Å². The van der Waals surface area contributed by atoms with E-state index in [1.54, 1.807) is 0 Å². The average Bonchev–Trinajstić information content (AvgIpc) is 3.04. The van der Waals surface area contributed by atoms with Crippen LogP contribution in [0.3, 0.4) is 0 Å². The van der Waals surface area contributed by atoms with Gasteiger partial charge in [-0.25, -0.2) is 0 Å². The van der Waals surface area contributed by atoms with E-state index in [9.17, 15) is 9.59 Å². The molecule has 0 spiro atoms. The molecule has 0 aliphatic heterocycles. The summed E-state index contributed by atoms with van der Waals surface area (Å²) >= 11 is 0. The Morgan fingerprint density at radius 2 is 0.783 bits per heavy atom. The molecule has 0 heterocycles. The van der Waals surface area contributed by atoms with E-state index in [-0.39, 0.29) is 18.5 Å². The fourth-order valence-electron chi connectivity index (χ4n) is 6.42. The van der Waals surface area contributed by atoms with E-state index in [0.29, 0.717) is 6.42 Å². The van der Waals surface area contributed by atoms with Gasteiger partial charge >= 0.3 is 11.9 Å². The van der Waals surface area contributed by atoms with E-state index in [0.717, 1.165) is 64.2 Å². The third kappa shape index (κ3) is 37.1. The van der Waals surface area contributed by atoms with E-state index in [2.05, 4.69) is 26.0 Å². The number of carboxylic acids is 1. The fraction of sp³-hybridized carbons (Fsp3) is 0.905. The Hall–Kier alpha value is -1.32. The molecule has 0 aliphatic rings. The summed E-state index contributed by atoms with van der Waals surface area (Å²) in [5.74, 6) is -0.698. The van der Waals surface area contributed by atoms with Gasteiger partial charge in [-0.1, -0.05) is 174 Å². The molecule has 0 saturated heterocycles. The van der Waals surface area contributed by atoms with Crippen molar-refractivity contribution in [3.8, 4) is 0 Å². The molecule has 1 N–H and O–H groups in total. The first-order valence-corrected chi connectivity index (χ1v) is 20.7. The Balaban J connectivity index is 3.79. The smallest absolute Gasteiger partial charge is 0.306 e. The SMILES string of the molecule is CCCCCCCCCC/C=C\CCCCCCCCCCCC(=O)OC(CCCCCCCCC)CCCCCCCC(=O)O. The van der Waals surface area contributed by atoms with Gasteiger partial charge in [0.2, 0.25) is 0 Å². The highest BCUT2D eigenvalue weighted by molar-refractivity contribution is 5.69. The Kier molecular flexibility index (Phi) is 37.0. The van der Waals surface area contributed by atoms with Crippen LogP contribution in [0.2, 0.25) is 0 Å². The topological polar surface area (TPSA) is 63.6 Å². The number of carbonyl (C=O) groups excluding carboxylic acids is 1. The third-order valence-electron chi connectivity index (χ3n) is 9.49. The molecule has 0 amide bonds. The van der Waals surface area contributed by atoms with Gasteiger partial charge in [-0.3, -0.25) is 9.59 Å². The Morgan fingerprint density at radius 1 is 0.457 bits per heavy atom. The maximum atomic E-state index is 12.6. The summed E-state index contributed by atoms with van der Waals surface area (Å²) in [6, 6.07) is 0. The highest BCUT2D eigenvalue weighted by Gasteiger charge is 2.14. The molecule has 0 radical (unpaired) electrons. The van der Waals surface area contributed by atoms with Crippen molar-refractivity contribution in [2.24, 2.45) is 0 Å². The number of hydrogen-bond donors (Lipinski definition) is 1. The van der Waals surface area contributed by atoms with E-state index >= 15 is 0 Å². The molecule has 1 unspecified atom stereocenters. The van der Waals surface area contributed by atoms with Gasteiger partial charge in [0.1, 0.15) is 6.10 Å². The lowest BCUT2D eigenvalue weighted by Crippen LogP contribution is -2.18. The standard InChI is InChI=1S/C42H80O4/c1-3-5-7-9-11-12-13-14-15-16-17-18-19-20-21-22-23-24-26-31-35-39-42(45)46-40(36-32-28-25-10-8-6-4-2)37-33-29-27-30-34-38-41(43)44/h16-17,40H,3-15,18-39H2,1-2H3,(H,43,44)/b17-16-. The Bertz CT molecular complexity index is 658. The summed E-state index contributed by atoms with van der Waals surface area (Å²) in [6.07, 6.45) is 46.8. The number of ether oxygens (including phenoxy) is 1. The van der Waals surface area contributed by atoms with Crippen molar-refractivity contribution in [3.05, 3.63) is 12.2 Å². The molecule has 4 nitrogen and oxygen atoms in total. The summed E-state index contributed by atoms with van der Waals surface area (Å²) < 4.78 is 5.98. The number of aliphatic carboxylic acids is 1. The van der Waals surface area contributed by atoms with Crippen molar-refractivity contribution in [3.63, 3.8) is 0 Å². The summed E-state index contributed by atoms with van der Waals surface area (Å²) in [4.78, 5) is 23.3. The van der Waals surface area contributed by atoms with Crippen LogP contribution in [0.25, 0.3) is 0 Å². The molecule has 0 bridgehead atoms. The molecule has 46 heavy (non-hydrogen) atoms. The maximum Gasteiger partial charge on any atom is 0.306 e. The zero-order valence-corrected chi connectivity index (χ0v) is 31.2. The van der Waals surface area contributed by atoms with Crippen molar-refractivity contribution in [2.45, 2.75) is 245 Å². The van der Waals surface area contributed by atoms with Gasteiger partial charge in [-0.2, -0.15) is 0 Å². The molecule has 0 rings (SSSR count). The molecule has 0 aromatic heterocycles. The van der Waals surface area contributed by atoms with Crippen LogP contribution in [0, 0.1) is 0 Å². The van der Waals surface area contributed by atoms with E-state index < -0.39 is 5.97 Å². The van der Waals surface area contributed by atoms with E-state index in [4.69, 9.17) is 9.84 Å². The zero-order chi connectivity index (χ0) is 33.6. The van der Waals surface area contributed by atoms with Crippen LogP contribution < -0.4 is 0 Å². The molecule has 272 valence electrons. The molecule has 0 aliphatic carbocycles. The lowest BCUT2D eigenvalue weighted by Gasteiger charge is -2.18. The number of hydrogen-bond acceptors (Lipinski definition) is 3. The molecular formula is C42H80O4. The highest BCUT2D eigenvalue weighted by Crippen LogP contribution is 2.19. The van der Waals surface area contributed by atoms with E-state index in [1.165, 1.54) is 148 Å².